The number of rotatable bonds is 7. The minimum Gasteiger partial charge on any atom is -0.497 e. The van der Waals surface area contributed by atoms with Gasteiger partial charge in [0, 0.05) is 12.1 Å². The smallest absolute Gasteiger partial charge is 0.140 e. The molecular formula is C14H20N2O2. The van der Waals surface area contributed by atoms with Crippen LogP contribution in [0.3, 0.4) is 0 Å². The molecular weight excluding hydrogens is 228 g/mol. The van der Waals surface area contributed by atoms with Gasteiger partial charge in [-0.2, -0.15) is 5.26 Å². The van der Waals surface area contributed by atoms with E-state index in [2.05, 4.69) is 25.2 Å². The van der Waals surface area contributed by atoms with Gasteiger partial charge < -0.3 is 14.8 Å². The molecule has 0 radical (unpaired) electrons. The van der Waals surface area contributed by atoms with E-state index in [0.717, 1.165) is 13.0 Å². The maximum absolute atomic E-state index is 8.97. The highest BCUT2D eigenvalue weighted by Crippen LogP contribution is 2.24. The fraction of sp³-hybridized carbons (Fsp3) is 0.500. The maximum atomic E-state index is 8.97. The fourth-order valence-electron chi connectivity index (χ4n) is 1.49. The van der Waals surface area contributed by atoms with E-state index >= 15 is 0 Å². The topological polar surface area (TPSA) is 54.3 Å². The molecule has 0 saturated carbocycles. The van der Waals surface area contributed by atoms with Crippen LogP contribution in [0.25, 0.3) is 0 Å². The predicted octanol–water partition coefficient (Wildman–Crippen LogP) is 2.33. The van der Waals surface area contributed by atoms with Crippen LogP contribution in [0.15, 0.2) is 18.2 Å². The number of hydrogen-bond donors (Lipinski definition) is 1. The minimum atomic E-state index is 0.483. The Morgan fingerprint density at radius 3 is 2.78 bits per heavy atom. The second-order valence-electron chi connectivity index (χ2n) is 4.28. The molecule has 1 N–H and O–H groups in total. The second-order valence-corrected chi connectivity index (χ2v) is 4.28. The summed E-state index contributed by atoms with van der Waals surface area (Å²) in [7, 11) is 1.59. The average molecular weight is 248 g/mol. The van der Waals surface area contributed by atoms with Gasteiger partial charge in [-0.25, -0.2) is 0 Å². The molecule has 98 valence electrons. The Kier molecular flexibility index (Phi) is 6.03. The van der Waals surface area contributed by atoms with Crippen LogP contribution in [0.1, 0.15) is 25.8 Å². The number of ether oxygens (including phenoxy) is 2. The summed E-state index contributed by atoms with van der Waals surface area (Å²) in [5.74, 6) is 1.28. The Morgan fingerprint density at radius 2 is 2.17 bits per heavy atom. The highest BCUT2D eigenvalue weighted by atomic mass is 16.5. The lowest BCUT2D eigenvalue weighted by Gasteiger charge is -2.11. The molecule has 0 heterocycles. The Labute approximate surface area is 109 Å². The summed E-state index contributed by atoms with van der Waals surface area (Å²) in [6.07, 6.45) is 0.903. The van der Waals surface area contributed by atoms with Crippen molar-refractivity contribution in [2.24, 2.45) is 0 Å². The first-order chi connectivity index (χ1) is 8.67. The third-order valence-corrected chi connectivity index (χ3v) is 2.44. The van der Waals surface area contributed by atoms with Gasteiger partial charge in [0.05, 0.1) is 19.3 Å². The molecule has 0 aromatic heterocycles. The van der Waals surface area contributed by atoms with Gasteiger partial charge in [0.2, 0.25) is 0 Å². The van der Waals surface area contributed by atoms with Gasteiger partial charge in [-0.3, -0.25) is 0 Å². The Balaban J connectivity index is 2.48. The van der Waals surface area contributed by atoms with Crippen molar-refractivity contribution < 1.29 is 9.47 Å². The van der Waals surface area contributed by atoms with E-state index in [0.29, 0.717) is 29.7 Å². The molecule has 0 aliphatic carbocycles. The summed E-state index contributed by atoms with van der Waals surface area (Å²) in [6, 6.07) is 7.80. The summed E-state index contributed by atoms with van der Waals surface area (Å²) >= 11 is 0. The average Bonchev–Trinajstić information content (AvgIpc) is 2.37. The largest absolute Gasteiger partial charge is 0.497 e. The van der Waals surface area contributed by atoms with E-state index in [-0.39, 0.29) is 0 Å². The van der Waals surface area contributed by atoms with Crippen molar-refractivity contribution in [3.05, 3.63) is 23.8 Å². The molecule has 18 heavy (non-hydrogen) atoms. The normalized spacial score (nSPS) is 10.2. The van der Waals surface area contributed by atoms with Gasteiger partial charge in [0.1, 0.15) is 17.6 Å². The molecule has 4 heteroatoms. The number of benzene rings is 1. The van der Waals surface area contributed by atoms with Gasteiger partial charge in [-0.1, -0.05) is 13.8 Å². The second kappa shape index (κ2) is 7.57. The van der Waals surface area contributed by atoms with Crippen molar-refractivity contribution in [2.45, 2.75) is 26.3 Å². The molecule has 0 bridgehead atoms. The molecule has 1 aromatic carbocycles. The SMILES string of the molecule is COc1ccc(C#N)c(OCCCNC(C)C)c1. The van der Waals surface area contributed by atoms with Crippen LogP contribution in [-0.2, 0) is 0 Å². The molecule has 0 amide bonds. The van der Waals surface area contributed by atoms with Crippen LogP contribution in [0, 0.1) is 11.3 Å². The lowest BCUT2D eigenvalue weighted by atomic mass is 10.2. The highest BCUT2D eigenvalue weighted by Gasteiger charge is 2.05. The summed E-state index contributed by atoms with van der Waals surface area (Å²) < 4.78 is 10.7. The summed E-state index contributed by atoms with van der Waals surface area (Å²) in [5, 5.41) is 12.3. The Morgan fingerprint density at radius 1 is 1.39 bits per heavy atom. The number of nitriles is 1. The van der Waals surface area contributed by atoms with Gasteiger partial charge >= 0.3 is 0 Å². The fourth-order valence-corrected chi connectivity index (χ4v) is 1.49. The molecule has 0 unspecified atom stereocenters. The minimum absolute atomic E-state index is 0.483. The van der Waals surface area contributed by atoms with E-state index in [1.54, 1.807) is 25.3 Å². The first-order valence-electron chi connectivity index (χ1n) is 6.11. The Hall–Kier alpha value is -1.73. The van der Waals surface area contributed by atoms with Crippen molar-refractivity contribution >= 4 is 0 Å². The zero-order valence-electron chi connectivity index (χ0n) is 11.2. The lowest BCUT2D eigenvalue weighted by molar-refractivity contribution is 0.303. The standard InChI is InChI=1S/C14H20N2O2/c1-11(2)16-7-4-8-18-14-9-13(17-3)6-5-12(14)10-15/h5-6,9,11,16H,4,7-8H2,1-3H3. The molecule has 0 fully saturated rings. The van der Waals surface area contributed by atoms with Gasteiger partial charge in [-0.05, 0) is 25.1 Å². The molecule has 0 aliphatic rings. The van der Waals surface area contributed by atoms with Crippen molar-refractivity contribution in [3.63, 3.8) is 0 Å². The van der Waals surface area contributed by atoms with Crippen molar-refractivity contribution in [2.75, 3.05) is 20.3 Å². The zero-order valence-corrected chi connectivity index (χ0v) is 11.2. The van der Waals surface area contributed by atoms with Crippen LogP contribution in [0.2, 0.25) is 0 Å². The highest BCUT2D eigenvalue weighted by molar-refractivity contribution is 5.47. The van der Waals surface area contributed by atoms with Crippen LogP contribution in [0.4, 0.5) is 0 Å². The monoisotopic (exact) mass is 248 g/mol. The lowest BCUT2D eigenvalue weighted by Crippen LogP contribution is -2.24. The Bertz CT molecular complexity index is 411. The first-order valence-corrected chi connectivity index (χ1v) is 6.11. The zero-order chi connectivity index (χ0) is 13.4. The van der Waals surface area contributed by atoms with E-state index in [1.807, 2.05) is 0 Å². The summed E-state index contributed by atoms with van der Waals surface area (Å²) in [6.45, 7) is 5.71. The van der Waals surface area contributed by atoms with Gasteiger partial charge in [0.25, 0.3) is 0 Å². The van der Waals surface area contributed by atoms with Gasteiger partial charge in [-0.15, -0.1) is 0 Å². The molecule has 0 atom stereocenters. The van der Waals surface area contributed by atoms with E-state index in [9.17, 15) is 0 Å². The van der Waals surface area contributed by atoms with Crippen LogP contribution in [-0.4, -0.2) is 26.3 Å². The molecule has 0 spiro atoms. The first kappa shape index (κ1) is 14.3. The third kappa shape index (κ3) is 4.64. The van der Waals surface area contributed by atoms with Crippen molar-refractivity contribution in [3.8, 4) is 17.6 Å². The summed E-state index contributed by atoms with van der Waals surface area (Å²) in [4.78, 5) is 0. The van der Waals surface area contributed by atoms with E-state index in [1.165, 1.54) is 0 Å². The van der Waals surface area contributed by atoms with E-state index in [4.69, 9.17) is 14.7 Å². The number of hydrogen-bond acceptors (Lipinski definition) is 4. The van der Waals surface area contributed by atoms with Crippen molar-refractivity contribution in [1.29, 1.82) is 5.26 Å². The number of methoxy groups -OCH3 is 1. The molecule has 4 nitrogen and oxygen atoms in total. The number of nitrogens with one attached hydrogen (secondary N) is 1. The molecule has 0 saturated heterocycles. The summed E-state index contributed by atoms with van der Waals surface area (Å²) in [5.41, 5.74) is 0.535. The predicted molar refractivity (Wildman–Crippen MR) is 71.0 cm³/mol. The van der Waals surface area contributed by atoms with Crippen LogP contribution < -0.4 is 14.8 Å². The van der Waals surface area contributed by atoms with Crippen LogP contribution in [0.5, 0.6) is 11.5 Å². The van der Waals surface area contributed by atoms with Gasteiger partial charge in [0.15, 0.2) is 0 Å². The molecule has 1 rings (SSSR count). The quantitative estimate of drug-likeness (QED) is 0.752. The van der Waals surface area contributed by atoms with E-state index < -0.39 is 0 Å². The number of nitrogens with zero attached hydrogens (tertiary/aromatic N) is 1. The van der Waals surface area contributed by atoms with Crippen molar-refractivity contribution in [1.82, 2.24) is 5.32 Å². The maximum Gasteiger partial charge on any atom is 0.140 e. The molecule has 0 aliphatic heterocycles. The molecule has 1 aromatic rings. The third-order valence-electron chi connectivity index (χ3n) is 2.44. The van der Waals surface area contributed by atoms with Crippen LogP contribution >= 0.6 is 0 Å².